The third kappa shape index (κ3) is 2.69. The Morgan fingerprint density at radius 1 is 1.57 bits per heavy atom. The first-order valence-electron chi connectivity index (χ1n) is 5.10. The molecule has 1 N–H and O–H groups in total. The van der Waals surface area contributed by atoms with Crippen LogP contribution in [0.2, 0.25) is 0 Å². The van der Waals surface area contributed by atoms with E-state index in [1.807, 2.05) is 5.38 Å². The average molecular weight is 210 g/mol. The van der Waals surface area contributed by atoms with E-state index >= 15 is 0 Å². The van der Waals surface area contributed by atoms with Crippen LogP contribution in [0.1, 0.15) is 43.2 Å². The summed E-state index contributed by atoms with van der Waals surface area (Å²) in [5.41, 5.74) is 2.39. The molecular formula is C12H18OS. The van der Waals surface area contributed by atoms with Crippen molar-refractivity contribution in [2.75, 3.05) is 0 Å². The highest BCUT2D eigenvalue weighted by Crippen LogP contribution is 2.29. The van der Waals surface area contributed by atoms with E-state index in [0.29, 0.717) is 6.42 Å². The number of aliphatic hydroxyl groups excluding tert-OH is 1. The molecule has 0 aliphatic carbocycles. The molecule has 78 valence electrons. The fourth-order valence-electron chi connectivity index (χ4n) is 1.44. The molecule has 0 aliphatic rings. The molecule has 0 aromatic carbocycles. The highest BCUT2D eigenvalue weighted by atomic mass is 32.1. The van der Waals surface area contributed by atoms with Crippen molar-refractivity contribution in [2.45, 2.75) is 39.2 Å². The van der Waals surface area contributed by atoms with Crippen molar-refractivity contribution in [3.8, 4) is 0 Å². The van der Waals surface area contributed by atoms with Crippen LogP contribution in [0.15, 0.2) is 23.6 Å². The van der Waals surface area contributed by atoms with Gasteiger partial charge < -0.3 is 5.11 Å². The van der Waals surface area contributed by atoms with Crippen LogP contribution in [0.4, 0.5) is 0 Å². The maximum Gasteiger partial charge on any atom is 0.0921 e. The molecule has 0 radical (unpaired) electrons. The van der Waals surface area contributed by atoms with Crippen LogP contribution in [0, 0.1) is 0 Å². The molecule has 1 unspecified atom stereocenters. The summed E-state index contributed by atoms with van der Waals surface area (Å²) in [6.45, 7) is 8.11. The van der Waals surface area contributed by atoms with E-state index in [9.17, 15) is 5.11 Å². The van der Waals surface area contributed by atoms with Gasteiger partial charge in [-0.05, 0) is 36.3 Å². The molecular weight excluding hydrogens is 192 g/mol. The SMILES string of the molecule is C=C(CC)CC(O)c1sccc1CC. The topological polar surface area (TPSA) is 20.2 Å². The molecule has 0 saturated heterocycles. The first kappa shape index (κ1) is 11.5. The largest absolute Gasteiger partial charge is 0.387 e. The lowest BCUT2D eigenvalue weighted by Gasteiger charge is -2.11. The van der Waals surface area contributed by atoms with Crippen LogP contribution >= 0.6 is 11.3 Å². The molecule has 1 nitrogen and oxygen atoms in total. The molecule has 1 aromatic heterocycles. The fraction of sp³-hybridized carbons (Fsp3) is 0.500. The molecule has 0 amide bonds. The number of aliphatic hydroxyl groups is 1. The van der Waals surface area contributed by atoms with Crippen LogP contribution in [0.25, 0.3) is 0 Å². The maximum atomic E-state index is 9.97. The highest BCUT2D eigenvalue weighted by molar-refractivity contribution is 7.10. The second kappa shape index (κ2) is 5.32. The van der Waals surface area contributed by atoms with E-state index in [1.54, 1.807) is 11.3 Å². The molecule has 14 heavy (non-hydrogen) atoms. The lowest BCUT2D eigenvalue weighted by molar-refractivity contribution is 0.180. The number of thiophene rings is 1. The van der Waals surface area contributed by atoms with Crippen molar-refractivity contribution in [2.24, 2.45) is 0 Å². The highest BCUT2D eigenvalue weighted by Gasteiger charge is 2.13. The first-order valence-corrected chi connectivity index (χ1v) is 5.98. The van der Waals surface area contributed by atoms with Crippen molar-refractivity contribution >= 4 is 11.3 Å². The average Bonchev–Trinajstić information content (AvgIpc) is 2.65. The molecule has 1 atom stereocenters. The second-order valence-electron chi connectivity index (χ2n) is 3.49. The standard InChI is InChI=1S/C12H18OS/c1-4-9(3)8-11(13)12-10(5-2)6-7-14-12/h6-7,11,13H,3-5,8H2,1-2H3. The maximum absolute atomic E-state index is 9.97. The Morgan fingerprint density at radius 2 is 2.29 bits per heavy atom. The Hall–Kier alpha value is -0.600. The third-order valence-corrected chi connectivity index (χ3v) is 3.51. The van der Waals surface area contributed by atoms with E-state index in [-0.39, 0.29) is 6.10 Å². The van der Waals surface area contributed by atoms with Gasteiger partial charge in [-0.1, -0.05) is 26.0 Å². The summed E-state index contributed by atoms with van der Waals surface area (Å²) in [4.78, 5) is 1.11. The Bertz CT molecular complexity index is 301. The van der Waals surface area contributed by atoms with Gasteiger partial charge >= 0.3 is 0 Å². The van der Waals surface area contributed by atoms with Crippen molar-refractivity contribution in [3.63, 3.8) is 0 Å². The zero-order valence-electron chi connectivity index (χ0n) is 8.92. The van der Waals surface area contributed by atoms with E-state index in [2.05, 4.69) is 26.5 Å². The van der Waals surface area contributed by atoms with Crippen molar-refractivity contribution in [1.29, 1.82) is 0 Å². The zero-order chi connectivity index (χ0) is 10.6. The Labute approximate surface area is 90.1 Å². The minimum absolute atomic E-state index is 0.350. The first-order chi connectivity index (χ1) is 6.69. The van der Waals surface area contributed by atoms with Crippen molar-refractivity contribution < 1.29 is 5.11 Å². The van der Waals surface area contributed by atoms with Crippen LogP contribution in [-0.2, 0) is 6.42 Å². The van der Waals surface area contributed by atoms with E-state index in [0.717, 1.165) is 23.3 Å². The van der Waals surface area contributed by atoms with E-state index < -0.39 is 0 Å². The minimum Gasteiger partial charge on any atom is -0.387 e. The van der Waals surface area contributed by atoms with Gasteiger partial charge in [0.25, 0.3) is 0 Å². The summed E-state index contributed by atoms with van der Waals surface area (Å²) in [6.07, 6.45) is 2.29. The molecule has 0 saturated carbocycles. The monoisotopic (exact) mass is 210 g/mol. The molecule has 1 heterocycles. The van der Waals surface area contributed by atoms with Crippen LogP contribution in [0.3, 0.4) is 0 Å². The molecule has 0 fully saturated rings. The van der Waals surface area contributed by atoms with Gasteiger partial charge in [0, 0.05) is 4.88 Å². The normalized spacial score (nSPS) is 12.8. The lowest BCUT2D eigenvalue weighted by atomic mass is 10.0. The summed E-state index contributed by atoms with van der Waals surface area (Å²) in [5.74, 6) is 0. The van der Waals surface area contributed by atoms with Gasteiger partial charge in [-0.2, -0.15) is 0 Å². The van der Waals surface area contributed by atoms with Crippen LogP contribution in [-0.4, -0.2) is 5.11 Å². The summed E-state index contributed by atoms with van der Waals surface area (Å²) in [6, 6.07) is 2.10. The van der Waals surface area contributed by atoms with E-state index in [4.69, 9.17) is 0 Å². The summed E-state index contributed by atoms with van der Waals surface area (Å²) in [7, 11) is 0. The second-order valence-corrected chi connectivity index (χ2v) is 4.43. The van der Waals surface area contributed by atoms with Crippen LogP contribution in [0.5, 0.6) is 0 Å². The van der Waals surface area contributed by atoms with Gasteiger partial charge in [-0.15, -0.1) is 11.3 Å². The Balaban J connectivity index is 2.68. The molecule has 0 spiro atoms. The zero-order valence-corrected chi connectivity index (χ0v) is 9.73. The smallest absolute Gasteiger partial charge is 0.0921 e. The molecule has 1 rings (SSSR count). The summed E-state index contributed by atoms with van der Waals surface area (Å²) < 4.78 is 0. The molecule has 0 aliphatic heterocycles. The van der Waals surface area contributed by atoms with Gasteiger partial charge in [0.15, 0.2) is 0 Å². The van der Waals surface area contributed by atoms with Crippen LogP contribution < -0.4 is 0 Å². The molecule has 1 aromatic rings. The lowest BCUT2D eigenvalue weighted by Crippen LogP contribution is -1.99. The third-order valence-electron chi connectivity index (χ3n) is 2.45. The van der Waals surface area contributed by atoms with Crippen molar-refractivity contribution in [1.82, 2.24) is 0 Å². The van der Waals surface area contributed by atoms with Gasteiger partial charge in [-0.25, -0.2) is 0 Å². The van der Waals surface area contributed by atoms with Gasteiger partial charge in [0.2, 0.25) is 0 Å². The number of hydrogen-bond donors (Lipinski definition) is 1. The van der Waals surface area contributed by atoms with Gasteiger partial charge in [0.1, 0.15) is 0 Å². The summed E-state index contributed by atoms with van der Waals surface area (Å²) in [5, 5.41) is 12.0. The predicted molar refractivity (Wildman–Crippen MR) is 62.7 cm³/mol. The summed E-state index contributed by atoms with van der Waals surface area (Å²) >= 11 is 1.64. The Morgan fingerprint density at radius 3 is 2.86 bits per heavy atom. The quantitative estimate of drug-likeness (QED) is 0.735. The number of hydrogen-bond acceptors (Lipinski definition) is 2. The van der Waals surface area contributed by atoms with Gasteiger partial charge in [0.05, 0.1) is 6.10 Å². The molecule has 2 heteroatoms. The van der Waals surface area contributed by atoms with Gasteiger partial charge in [-0.3, -0.25) is 0 Å². The Kier molecular flexibility index (Phi) is 4.36. The predicted octanol–water partition coefficient (Wildman–Crippen LogP) is 3.70. The minimum atomic E-state index is -0.350. The molecule has 0 bridgehead atoms. The number of aryl methyl sites for hydroxylation is 1. The van der Waals surface area contributed by atoms with E-state index in [1.165, 1.54) is 5.56 Å². The van der Waals surface area contributed by atoms with Crippen molar-refractivity contribution in [3.05, 3.63) is 34.0 Å². The fourth-order valence-corrected chi connectivity index (χ4v) is 2.43. The number of rotatable bonds is 5.